The largest absolute Gasteiger partial charge is 0.400 e. The number of carbonyl (C=O) groups excluding carboxylic acids is 1. The highest BCUT2D eigenvalue weighted by atomic mass is 16.2. The van der Waals surface area contributed by atoms with E-state index in [4.69, 9.17) is 10.4 Å². The molecule has 0 spiro atoms. The average Bonchev–Trinajstić information content (AvgIpc) is 2.41. The molecule has 0 radical (unpaired) electrons. The van der Waals surface area contributed by atoms with Crippen molar-refractivity contribution in [1.82, 2.24) is 0 Å². The van der Waals surface area contributed by atoms with Crippen LogP contribution in [-0.4, -0.2) is 18.1 Å². The predicted molar refractivity (Wildman–Crippen MR) is 76.5 cm³/mol. The molecule has 0 bridgehead atoms. The Morgan fingerprint density at radius 1 is 1.26 bits per heavy atom. The molecule has 1 amide bonds. The Balaban J connectivity index is 0.00000154. The summed E-state index contributed by atoms with van der Waals surface area (Å²) in [5.74, 6) is 0.547. The molecule has 0 aliphatic carbocycles. The molecule has 4 heteroatoms. The van der Waals surface area contributed by atoms with Gasteiger partial charge in [0.05, 0.1) is 11.6 Å². The normalized spacial score (nSPS) is 11.0. The van der Waals surface area contributed by atoms with E-state index in [2.05, 4.69) is 19.2 Å². The average molecular weight is 262 g/mol. The van der Waals surface area contributed by atoms with E-state index >= 15 is 0 Å². The van der Waals surface area contributed by atoms with Crippen molar-refractivity contribution in [2.75, 3.05) is 12.4 Å². The molecule has 0 aromatic heterocycles. The minimum atomic E-state index is 0.00523. The van der Waals surface area contributed by atoms with Crippen molar-refractivity contribution in [3.63, 3.8) is 0 Å². The molecule has 1 unspecified atom stereocenters. The van der Waals surface area contributed by atoms with E-state index in [9.17, 15) is 4.79 Å². The summed E-state index contributed by atoms with van der Waals surface area (Å²) in [5, 5.41) is 18.5. The van der Waals surface area contributed by atoms with Crippen LogP contribution in [0.1, 0.15) is 32.8 Å². The summed E-state index contributed by atoms with van der Waals surface area (Å²) in [6.45, 7) is 6.13. The first-order valence-electron chi connectivity index (χ1n) is 6.28. The molecule has 0 aliphatic rings. The van der Waals surface area contributed by atoms with Gasteiger partial charge in [0.1, 0.15) is 0 Å². The minimum Gasteiger partial charge on any atom is -0.400 e. The lowest BCUT2D eigenvalue weighted by Gasteiger charge is -2.14. The monoisotopic (exact) mass is 262 g/mol. The van der Waals surface area contributed by atoms with E-state index < -0.39 is 0 Å². The van der Waals surface area contributed by atoms with Crippen molar-refractivity contribution in [2.45, 2.75) is 27.2 Å². The third-order valence-electron chi connectivity index (χ3n) is 2.55. The molecule has 0 fully saturated rings. The summed E-state index contributed by atoms with van der Waals surface area (Å²) in [7, 11) is 1.00. The van der Waals surface area contributed by atoms with E-state index in [1.807, 2.05) is 13.0 Å². The minimum absolute atomic E-state index is 0.00523. The quantitative estimate of drug-likeness (QED) is 0.876. The van der Waals surface area contributed by atoms with Gasteiger partial charge in [-0.3, -0.25) is 4.79 Å². The molecule has 0 saturated heterocycles. The first-order chi connectivity index (χ1) is 9.02. The fourth-order valence-corrected chi connectivity index (χ4v) is 1.71. The van der Waals surface area contributed by atoms with Crippen molar-refractivity contribution < 1.29 is 9.90 Å². The van der Waals surface area contributed by atoms with Gasteiger partial charge in [-0.2, -0.15) is 5.26 Å². The van der Waals surface area contributed by atoms with Gasteiger partial charge in [0.25, 0.3) is 0 Å². The van der Waals surface area contributed by atoms with Gasteiger partial charge >= 0.3 is 0 Å². The second-order valence-electron chi connectivity index (χ2n) is 4.71. The highest BCUT2D eigenvalue weighted by Crippen LogP contribution is 2.15. The number of nitriles is 1. The molecule has 0 saturated carbocycles. The smallest absolute Gasteiger partial charge is 0.227 e. The number of carbonyl (C=O) groups is 1. The summed E-state index contributed by atoms with van der Waals surface area (Å²) in [4.78, 5) is 11.8. The first-order valence-corrected chi connectivity index (χ1v) is 6.28. The Morgan fingerprint density at radius 3 is 2.21 bits per heavy atom. The topological polar surface area (TPSA) is 73.1 Å². The number of nitrogens with one attached hydrogen (secondary N) is 1. The summed E-state index contributed by atoms with van der Waals surface area (Å²) in [5.41, 5.74) is 1.34. The number of hydrogen-bond acceptors (Lipinski definition) is 3. The summed E-state index contributed by atoms with van der Waals surface area (Å²) >= 11 is 0. The van der Waals surface area contributed by atoms with Crippen LogP contribution < -0.4 is 5.32 Å². The fraction of sp³-hybridized carbons (Fsp3) is 0.467. The zero-order chi connectivity index (χ0) is 14.8. The van der Waals surface area contributed by atoms with Crippen LogP contribution in [0, 0.1) is 23.2 Å². The lowest BCUT2D eigenvalue weighted by atomic mass is 9.98. The highest BCUT2D eigenvalue weighted by molar-refractivity contribution is 5.92. The number of nitrogens with zero attached hydrogens (tertiary/aromatic N) is 1. The molecule has 1 aromatic rings. The van der Waals surface area contributed by atoms with Crippen LogP contribution in [0.5, 0.6) is 0 Å². The lowest BCUT2D eigenvalue weighted by Crippen LogP contribution is -2.21. The molecule has 0 heterocycles. The molecule has 104 valence electrons. The third kappa shape index (κ3) is 6.58. The zero-order valence-electron chi connectivity index (χ0n) is 12.0. The molecule has 2 N–H and O–H groups in total. The number of anilines is 1. The second kappa shape index (κ2) is 9.12. The van der Waals surface area contributed by atoms with Crippen LogP contribution in [0.4, 0.5) is 5.69 Å². The standard InChI is InChI=1S/C14H18N2O.CH4O/c1-10(2)8-11(3)14(17)16-13-6-4-12(9-15)5-7-13;1-2/h4-7,10-11H,8H2,1-3H3,(H,16,17);2H,1H3. The van der Waals surface area contributed by atoms with E-state index in [1.165, 1.54) is 0 Å². The maximum Gasteiger partial charge on any atom is 0.227 e. The van der Waals surface area contributed by atoms with Gasteiger partial charge in [-0.1, -0.05) is 20.8 Å². The van der Waals surface area contributed by atoms with Crippen LogP contribution in [0.2, 0.25) is 0 Å². The third-order valence-corrected chi connectivity index (χ3v) is 2.55. The molecular formula is C15H22N2O2. The van der Waals surface area contributed by atoms with Gasteiger partial charge in [0, 0.05) is 18.7 Å². The van der Waals surface area contributed by atoms with Crippen LogP contribution in [0.15, 0.2) is 24.3 Å². The molecular weight excluding hydrogens is 240 g/mol. The SMILES string of the molecule is CC(C)CC(C)C(=O)Nc1ccc(C#N)cc1.CO. The Bertz CT molecular complexity index is 419. The molecule has 0 aliphatic heterocycles. The summed E-state index contributed by atoms with van der Waals surface area (Å²) in [6, 6.07) is 8.94. The molecule has 19 heavy (non-hydrogen) atoms. The molecule has 1 rings (SSSR count). The van der Waals surface area contributed by atoms with Gasteiger partial charge < -0.3 is 10.4 Å². The van der Waals surface area contributed by atoms with Gasteiger partial charge in [0.15, 0.2) is 0 Å². The van der Waals surface area contributed by atoms with E-state index in [1.54, 1.807) is 24.3 Å². The number of amides is 1. The Labute approximate surface area is 115 Å². The number of aliphatic hydroxyl groups excluding tert-OH is 1. The van der Waals surface area contributed by atoms with Crippen molar-refractivity contribution >= 4 is 11.6 Å². The van der Waals surface area contributed by atoms with Crippen molar-refractivity contribution in [3.05, 3.63) is 29.8 Å². The molecule has 4 nitrogen and oxygen atoms in total. The van der Waals surface area contributed by atoms with Crippen LogP contribution >= 0.6 is 0 Å². The van der Waals surface area contributed by atoms with Gasteiger partial charge in [-0.15, -0.1) is 0 Å². The van der Waals surface area contributed by atoms with Crippen LogP contribution in [-0.2, 0) is 4.79 Å². The van der Waals surface area contributed by atoms with E-state index in [-0.39, 0.29) is 11.8 Å². The predicted octanol–water partition coefficient (Wildman–Crippen LogP) is 2.79. The Kier molecular flexibility index (Phi) is 8.23. The van der Waals surface area contributed by atoms with Gasteiger partial charge in [-0.25, -0.2) is 0 Å². The number of hydrogen-bond donors (Lipinski definition) is 2. The van der Waals surface area contributed by atoms with Crippen molar-refractivity contribution in [3.8, 4) is 6.07 Å². The second-order valence-corrected chi connectivity index (χ2v) is 4.71. The van der Waals surface area contributed by atoms with Crippen LogP contribution in [0.25, 0.3) is 0 Å². The summed E-state index contributed by atoms with van der Waals surface area (Å²) < 4.78 is 0. The van der Waals surface area contributed by atoms with E-state index in [0.717, 1.165) is 19.2 Å². The maximum atomic E-state index is 11.8. The number of aliphatic hydroxyl groups is 1. The van der Waals surface area contributed by atoms with E-state index in [0.29, 0.717) is 11.5 Å². The Hall–Kier alpha value is -1.86. The fourth-order valence-electron chi connectivity index (χ4n) is 1.71. The highest BCUT2D eigenvalue weighted by Gasteiger charge is 2.14. The number of rotatable bonds is 4. The Morgan fingerprint density at radius 2 is 1.79 bits per heavy atom. The van der Waals surface area contributed by atoms with Crippen molar-refractivity contribution in [2.24, 2.45) is 11.8 Å². The number of benzene rings is 1. The first kappa shape index (κ1) is 17.1. The zero-order valence-corrected chi connectivity index (χ0v) is 12.0. The lowest BCUT2D eigenvalue weighted by molar-refractivity contribution is -0.119. The van der Waals surface area contributed by atoms with Gasteiger partial charge in [-0.05, 0) is 36.6 Å². The molecule has 1 atom stereocenters. The van der Waals surface area contributed by atoms with Crippen molar-refractivity contribution in [1.29, 1.82) is 5.26 Å². The maximum absolute atomic E-state index is 11.8. The summed E-state index contributed by atoms with van der Waals surface area (Å²) in [6.07, 6.45) is 0.877. The van der Waals surface area contributed by atoms with Gasteiger partial charge in [0.2, 0.25) is 5.91 Å². The molecule has 1 aromatic carbocycles. The van der Waals surface area contributed by atoms with Crippen LogP contribution in [0.3, 0.4) is 0 Å².